The third-order valence-corrected chi connectivity index (χ3v) is 2.58. The topological polar surface area (TPSA) is 26.3 Å². The maximum atomic E-state index is 11.5. The molecule has 0 fully saturated rings. The van der Waals surface area contributed by atoms with Crippen molar-refractivity contribution in [1.29, 1.82) is 0 Å². The Morgan fingerprint density at radius 1 is 1.33 bits per heavy atom. The van der Waals surface area contributed by atoms with E-state index in [-0.39, 0.29) is 0 Å². The summed E-state index contributed by atoms with van der Waals surface area (Å²) >= 11 is 11.9. The first-order valence-corrected chi connectivity index (χ1v) is 5.45. The van der Waals surface area contributed by atoms with Gasteiger partial charge < -0.3 is 4.74 Å². The number of alkyl halides is 2. The van der Waals surface area contributed by atoms with Crippen molar-refractivity contribution in [2.45, 2.75) is 17.7 Å². The third-order valence-electron chi connectivity index (χ3n) is 1.83. The SMILES string of the molecule is CCCOC(=O)C(Cl)(Cl)c1ccccc1. The zero-order valence-corrected chi connectivity index (χ0v) is 9.89. The van der Waals surface area contributed by atoms with Gasteiger partial charge in [-0.1, -0.05) is 60.5 Å². The van der Waals surface area contributed by atoms with Gasteiger partial charge in [0.15, 0.2) is 0 Å². The van der Waals surface area contributed by atoms with Crippen molar-refractivity contribution in [2.75, 3.05) is 6.61 Å². The van der Waals surface area contributed by atoms with Crippen LogP contribution >= 0.6 is 23.2 Å². The summed E-state index contributed by atoms with van der Waals surface area (Å²) in [6, 6.07) is 8.73. The number of benzene rings is 1. The molecule has 1 aromatic rings. The van der Waals surface area contributed by atoms with E-state index in [4.69, 9.17) is 27.9 Å². The molecule has 0 heterocycles. The Balaban J connectivity index is 2.78. The first kappa shape index (κ1) is 12.3. The molecular weight excluding hydrogens is 235 g/mol. The van der Waals surface area contributed by atoms with Crippen LogP contribution in [0.4, 0.5) is 0 Å². The Bertz CT molecular complexity index is 323. The van der Waals surface area contributed by atoms with Gasteiger partial charge in [-0.05, 0) is 12.0 Å². The lowest BCUT2D eigenvalue weighted by Crippen LogP contribution is -2.26. The summed E-state index contributed by atoms with van der Waals surface area (Å²) in [6.07, 6.45) is 0.740. The van der Waals surface area contributed by atoms with Crippen LogP contribution in [0.15, 0.2) is 30.3 Å². The van der Waals surface area contributed by atoms with E-state index in [2.05, 4.69) is 0 Å². The highest BCUT2D eigenvalue weighted by Crippen LogP contribution is 2.34. The fraction of sp³-hybridized carbons (Fsp3) is 0.364. The van der Waals surface area contributed by atoms with Gasteiger partial charge in [-0.25, -0.2) is 4.79 Å². The van der Waals surface area contributed by atoms with Crippen LogP contribution in [0.5, 0.6) is 0 Å². The summed E-state index contributed by atoms with van der Waals surface area (Å²) in [4.78, 5) is 11.5. The highest BCUT2D eigenvalue weighted by molar-refractivity contribution is 6.56. The number of hydrogen-bond acceptors (Lipinski definition) is 2. The van der Waals surface area contributed by atoms with Gasteiger partial charge in [0.2, 0.25) is 4.33 Å². The lowest BCUT2D eigenvalue weighted by molar-refractivity contribution is -0.144. The van der Waals surface area contributed by atoms with E-state index >= 15 is 0 Å². The highest BCUT2D eigenvalue weighted by Gasteiger charge is 2.37. The second-order valence-electron chi connectivity index (χ2n) is 3.08. The van der Waals surface area contributed by atoms with Crippen molar-refractivity contribution < 1.29 is 9.53 Å². The standard InChI is InChI=1S/C11H12Cl2O2/c1-2-8-15-10(14)11(12,13)9-6-4-3-5-7-9/h3-7H,2,8H2,1H3. The van der Waals surface area contributed by atoms with E-state index in [0.29, 0.717) is 12.2 Å². The molecule has 4 heteroatoms. The Labute approximate surface area is 99.1 Å². The summed E-state index contributed by atoms with van der Waals surface area (Å²) < 4.78 is 3.29. The maximum absolute atomic E-state index is 11.5. The molecule has 1 rings (SSSR count). The zero-order chi connectivity index (χ0) is 11.3. The van der Waals surface area contributed by atoms with E-state index in [1.165, 1.54) is 0 Å². The number of carbonyl (C=O) groups excluding carboxylic acids is 1. The molecule has 0 N–H and O–H groups in total. The summed E-state index contributed by atoms with van der Waals surface area (Å²) in [6.45, 7) is 2.23. The van der Waals surface area contributed by atoms with Gasteiger partial charge in [0.25, 0.3) is 0 Å². The second kappa shape index (κ2) is 5.38. The van der Waals surface area contributed by atoms with Gasteiger partial charge in [-0.2, -0.15) is 0 Å². The molecule has 2 nitrogen and oxygen atoms in total. The average Bonchev–Trinajstić information content (AvgIpc) is 2.27. The number of esters is 1. The molecule has 0 spiro atoms. The Kier molecular flexibility index (Phi) is 4.43. The molecular formula is C11H12Cl2O2. The molecule has 0 aliphatic heterocycles. The maximum Gasteiger partial charge on any atom is 0.347 e. The summed E-state index contributed by atoms with van der Waals surface area (Å²) in [5.74, 6) is -0.626. The number of hydrogen-bond donors (Lipinski definition) is 0. The summed E-state index contributed by atoms with van der Waals surface area (Å²) in [7, 11) is 0. The van der Waals surface area contributed by atoms with Crippen molar-refractivity contribution in [3.05, 3.63) is 35.9 Å². The number of rotatable bonds is 4. The van der Waals surface area contributed by atoms with Crippen LogP contribution in [0.2, 0.25) is 0 Å². The van der Waals surface area contributed by atoms with Crippen LogP contribution < -0.4 is 0 Å². The molecule has 1 aromatic carbocycles. The number of ether oxygens (including phenoxy) is 1. The lowest BCUT2D eigenvalue weighted by Gasteiger charge is -2.17. The van der Waals surface area contributed by atoms with E-state index in [9.17, 15) is 4.79 Å². The van der Waals surface area contributed by atoms with Gasteiger partial charge in [-0.15, -0.1) is 0 Å². The minimum Gasteiger partial charge on any atom is -0.463 e. The predicted octanol–water partition coefficient (Wildman–Crippen LogP) is 3.27. The van der Waals surface area contributed by atoms with Gasteiger partial charge >= 0.3 is 5.97 Å². The van der Waals surface area contributed by atoms with Crippen LogP contribution in [-0.4, -0.2) is 12.6 Å². The Morgan fingerprint density at radius 2 is 1.93 bits per heavy atom. The zero-order valence-electron chi connectivity index (χ0n) is 8.37. The molecule has 0 radical (unpaired) electrons. The van der Waals surface area contributed by atoms with Crippen LogP contribution in [-0.2, 0) is 13.9 Å². The Morgan fingerprint density at radius 3 is 2.47 bits per heavy atom. The number of carbonyl (C=O) groups is 1. The van der Waals surface area contributed by atoms with E-state index in [1.807, 2.05) is 13.0 Å². The molecule has 0 amide bonds. The van der Waals surface area contributed by atoms with Gasteiger partial charge in [0.1, 0.15) is 0 Å². The molecule has 0 bridgehead atoms. The molecule has 0 atom stereocenters. The summed E-state index contributed by atoms with van der Waals surface area (Å²) in [5.41, 5.74) is 0.523. The predicted molar refractivity (Wildman–Crippen MR) is 61.1 cm³/mol. The van der Waals surface area contributed by atoms with Crippen molar-refractivity contribution in [3.8, 4) is 0 Å². The second-order valence-corrected chi connectivity index (χ2v) is 4.40. The van der Waals surface area contributed by atoms with Crippen LogP contribution in [0.1, 0.15) is 18.9 Å². The molecule has 0 aliphatic carbocycles. The van der Waals surface area contributed by atoms with Crippen LogP contribution in [0, 0.1) is 0 Å². The van der Waals surface area contributed by atoms with Crippen molar-refractivity contribution >= 4 is 29.2 Å². The third kappa shape index (κ3) is 3.11. The molecule has 0 saturated heterocycles. The average molecular weight is 247 g/mol. The quantitative estimate of drug-likeness (QED) is 0.602. The minimum atomic E-state index is -1.61. The van der Waals surface area contributed by atoms with Crippen molar-refractivity contribution in [2.24, 2.45) is 0 Å². The van der Waals surface area contributed by atoms with Crippen LogP contribution in [0.25, 0.3) is 0 Å². The fourth-order valence-corrected chi connectivity index (χ4v) is 1.41. The smallest absolute Gasteiger partial charge is 0.347 e. The molecule has 15 heavy (non-hydrogen) atoms. The van der Waals surface area contributed by atoms with Gasteiger partial charge in [-0.3, -0.25) is 0 Å². The summed E-state index contributed by atoms with van der Waals surface area (Å²) in [5, 5.41) is 0. The van der Waals surface area contributed by atoms with E-state index < -0.39 is 10.3 Å². The number of halogens is 2. The van der Waals surface area contributed by atoms with Crippen molar-refractivity contribution in [3.63, 3.8) is 0 Å². The largest absolute Gasteiger partial charge is 0.463 e. The van der Waals surface area contributed by atoms with E-state index in [1.54, 1.807) is 24.3 Å². The normalized spacial score (nSPS) is 11.1. The van der Waals surface area contributed by atoms with E-state index in [0.717, 1.165) is 6.42 Å². The first-order chi connectivity index (χ1) is 7.09. The molecule has 0 aliphatic rings. The molecule has 0 saturated carbocycles. The first-order valence-electron chi connectivity index (χ1n) is 4.69. The molecule has 82 valence electrons. The van der Waals surface area contributed by atoms with Crippen LogP contribution in [0.3, 0.4) is 0 Å². The Hall–Kier alpha value is -0.730. The lowest BCUT2D eigenvalue weighted by atomic mass is 10.1. The minimum absolute atomic E-state index is 0.326. The molecule has 0 unspecified atom stereocenters. The van der Waals surface area contributed by atoms with Crippen molar-refractivity contribution in [1.82, 2.24) is 0 Å². The monoisotopic (exact) mass is 246 g/mol. The van der Waals surface area contributed by atoms with Gasteiger partial charge in [0.05, 0.1) is 6.61 Å². The molecule has 0 aromatic heterocycles. The highest BCUT2D eigenvalue weighted by atomic mass is 35.5. The fourth-order valence-electron chi connectivity index (χ4n) is 1.05. The van der Waals surface area contributed by atoms with Gasteiger partial charge in [0, 0.05) is 0 Å².